The van der Waals surface area contributed by atoms with Crippen molar-refractivity contribution in [1.29, 1.82) is 0 Å². The van der Waals surface area contributed by atoms with Gasteiger partial charge in [0.15, 0.2) is 0 Å². The number of hydrogen-bond donors (Lipinski definition) is 1. The zero-order valence-corrected chi connectivity index (χ0v) is 12.6. The Labute approximate surface area is 124 Å². The third-order valence-electron chi connectivity index (χ3n) is 3.66. The molecule has 0 saturated heterocycles. The molecule has 0 aliphatic carbocycles. The van der Waals surface area contributed by atoms with Gasteiger partial charge in [-0.2, -0.15) is 0 Å². The molecule has 3 aromatic rings. The van der Waals surface area contributed by atoms with Gasteiger partial charge in [-0.1, -0.05) is 24.2 Å². The summed E-state index contributed by atoms with van der Waals surface area (Å²) in [5.41, 5.74) is 3.54. The first kappa shape index (κ1) is 13.9. The first-order valence-electron chi connectivity index (χ1n) is 7.47. The lowest BCUT2D eigenvalue weighted by Crippen LogP contribution is -2.13. The highest BCUT2D eigenvalue weighted by molar-refractivity contribution is 5.83. The Balaban J connectivity index is 1.86. The quantitative estimate of drug-likeness (QED) is 0.704. The number of benzene rings is 1. The van der Waals surface area contributed by atoms with Gasteiger partial charge in [0.05, 0.1) is 6.54 Å². The van der Waals surface area contributed by atoms with Crippen molar-refractivity contribution < 1.29 is 4.52 Å². The molecule has 0 amide bonds. The first-order chi connectivity index (χ1) is 10.3. The summed E-state index contributed by atoms with van der Waals surface area (Å²) >= 11 is 0. The van der Waals surface area contributed by atoms with Crippen molar-refractivity contribution in [2.45, 2.75) is 33.4 Å². The Bertz CT molecular complexity index is 727. The summed E-state index contributed by atoms with van der Waals surface area (Å²) in [6, 6.07) is 10.6. The third-order valence-corrected chi connectivity index (χ3v) is 3.66. The molecular weight excluding hydrogens is 262 g/mol. The first-order valence-corrected chi connectivity index (χ1v) is 7.47. The van der Waals surface area contributed by atoms with Crippen molar-refractivity contribution in [1.82, 2.24) is 15.0 Å². The number of nitrogens with one attached hydrogen (secondary N) is 1. The summed E-state index contributed by atoms with van der Waals surface area (Å²) in [4.78, 5) is 0. The van der Waals surface area contributed by atoms with Crippen LogP contribution in [0.2, 0.25) is 0 Å². The normalized spacial score (nSPS) is 11.3. The Hall–Kier alpha value is -2.07. The number of aryl methyl sites for hydroxylation is 1. The maximum Gasteiger partial charge on any atom is 0.133 e. The molecule has 3 rings (SSSR count). The summed E-state index contributed by atoms with van der Waals surface area (Å²) in [5, 5.41) is 8.85. The fourth-order valence-electron chi connectivity index (χ4n) is 2.65. The highest BCUT2D eigenvalue weighted by atomic mass is 16.5. The van der Waals surface area contributed by atoms with E-state index in [9.17, 15) is 0 Å². The Morgan fingerprint density at radius 3 is 2.95 bits per heavy atom. The molecule has 1 aromatic carbocycles. The molecule has 4 nitrogen and oxygen atoms in total. The maximum atomic E-state index is 5.14. The van der Waals surface area contributed by atoms with Crippen LogP contribution >= 0.6 is 0 Å². The minimum Gasteiger partial charge on any atom is -0.361 e. The van der Waals surface area contributed by atoms with Crippen LogP contribution in [0, 0.1) is 6.92 Å². The van der Waals surface area contributed by atoms with E-state index in [0.717, 1.165) is 37.5 Å². The van der Waals surface area contributed by atoms with Crippen molar-refractivity contribution in [2.75, 3.05) is 6.54 Å². The van der Waals surface area contributed by atoms with Crippen LogP contribution in [0.5, 0.6) is 0 Å². The van der Waals surface area contributed by atoms with Crippen LogP contribution in [0.25, 0.3) is 10.9 Å². The van der Waals surface area contributed by atoms with Gasteiger partial charge in [-0.15, -0.1) is 0 Å². The predicted octanol–water partition coefficient (Wildman–Crippen LogP) is 3.49. The smallest absolute Gasteiger partial charge is 0.133 e. The van der Waals surface area contributed by atoms with Crippen LogP contribution in [0.3, 0.4) is 0 Å². The molecule has 21 heavy (non-hydrogen) atoms. The summed E-state index contributed by atoms with van der Waals surface area (Å²) in [6.45, 7) is 6.81. The summed E-state index contributed by atoms with van der Waals surface area (Å²) in [5.74, 6) is 0.853. The van der Waals surface area contributed by atoms with Crippen molar-refractivity contribution in [3.63, 3.8) is 0 Å². The summed E-state index contributed by atoms with van der Waals surface area (Å²) < 4.78 is 7.36. The summed E-state index contributed by atoms with van der Waals surface area (Å²) in [7, 11) is 0. The minimum absolute atomic E-state index is 0.743. The zero-order chi connectivity index (χ0) is 14.7. The monoisotopic (exact) mass is 283 g/mol. The molecule has 1 N–H and O–H groups in total. The molecule has 2 heterocycles. The SMILES string of the molecule is CCCNCc1cccc2c1ccn2Cc1cc(C)on1. The van der Waals surface area contributed by atoms with E-state index >= 15 is 0 Å². The van der Waals surface area contributed by atoms with E-state index in [1.807, 2.05) is 13.0 Å². The third kappa shape index (κ3) is 3.00. The fraction of sp³-hybridized carbons (Fsp3) is 0.353. The van der Waals surface area contributed by atoms with Gasteiger partial charge in [0, 0.05) is 29.7 Å². The van der Waals surface area contributed by atoms with Gasteiger partial charge in [0.25, 0.3) is 0 Å². The van der Waals surface area contributed by atoms with Crippen LogP contribution in [0.15, 0.2) is 41.1 Å². The van der Waals surface area contributed by atoms with Crippen molar-refractivity contribution in [3.8, 4) is 0 Å². The van der Waals surface area contributed by atoms with E-state index in [1.54, 1.807) is 0 Å². The minimum atomic E-state index is 0.743. The zero-order valence-electron chi connectivity index (χ0n) is 12.6. The van der Waals surface area contributed by atoms with Crippen molar-refractivity contribution in [3.05, 3.63) is 53.5 Å². The highest BCUT2D eigenvalue weighted by Crippen LogP contribution is 2.21. The standard InChI is InChI=1S/C17H21N3O/c1-3-8-18-11-14-5-4-6-17-16(14)7-9-20(17)12-15-10-13(2)21-19-15/h4-7,9-10,18H,3,8,11-12H2,1-2H3. The molecule has 4 heteroatoms. The van der Waals surface area contributed by atoms with Gasteiger partial charge >= 0.3 is 0 Å². The van der Waals surface area contributed by atoms with E-state index in [2.05, 4.69) is 52.4 Å². The molecule has 0 aliphatic rings. The van der Waals surface area contributed by atoms with E-state index in [1.165, 1.54) is 16.5 Å². The van der Waals surface area contributed by atoms with Gasteiger partial charge in [-0.25, -0.2) is 0 Å². The summed E-state index contributed by atoms with van der Waals surface area (Å²) in [6.07, 6.45) is 3.28. The number of nitrogens with zero attached hydrogens (tertiary/aromatic N) is 2. The molecule has 0 aliphatic heterocycles. The van der Waals surface area contributed by atoms with Crippen molar-refractivity contribution in [2.24, 2.45) is 0 Å². The van der Waals surface area contributed by atoms with E-state index in [4.69, 9.17) is 4.52 Å². The lowest BCUT2D eigenvalue weighted by Gasteiger charge is -2.07. The number of fused-ring (bicyclic) bond motifs is 1. The Kier molecular flexibility index (Phi) is 4.06. The molecule has 0 unspecified atom stereocenters. The molecular formula is C17H21N3O. The van der Waals surface area contributed by atoms with Crippen molar-refractivity contribution >= 4 is 10.9 Å². The second-order valence-electron chi connectivity index (χ2n) is 5.40. The van der Waals surface area contributed by atoms with Gasteiger partial charge < -0.3 is 14.4 Å². The van der Waals surface area contributed by atoms with Crippen LogP contribution in [0.1, 0.15) is 30.4 Å². The molecule has 0 spiro atoms. The average molecular weight is 283 g/mol. The van der Waals surface area contributed by atoms with Crippen LogP contribution in [0.4, 0.5) is 0 Å². The number of rotatable bonds is 6. The molecule has 0 atom stereocenters. The molecule has 0 saturated carbocycles. The topological polar surface area (TPSA) is 43.0 Å². The molecule has 0 fully saturated rings. The number of hydrogen-bond acceptors (Lipinski definition) is 3. The fourth-order valence-corrected chi connectivity index (χ4v) is 2.65. The van der Waals surface area contributed by atoms with E-state index < -0.39 is 0 Å². The van der Waals surface area contributed by atoms with Crippen LogP contribution in [-0.2, 0) is 13.1 Å². The van der Waals surface area contributed by atoms with E-state index in [0.29, 0.717) is 0 Å². The van der Waals surface area contributed by atoms with Gasteiger partial charge in [-0.3, -0.25) is 0 Å². The Morgan fingerprint density at radius 2 is 2.19 bits per heavy atom. The second-order valence-corrected chi connectivity index (χ2v) is 5.40. The Morgan fingerprint density at radius 1 is 1.29 bits per heavy atom. The van der Waals surface area contributed by atoms with Gasteiger partial charge in [-0.05, 0) is 37.6 Å². The number of aromatic nitrogens is 2. The van der Waals surface area contributed by atoms with Crippen LogP contribution < -0.4 is 5.32 Å². The molecule has 0 bridgehead atoms. The van der Waals surface area contributed by atoms with Gasteiger partial charge in [0.1, 0.15) is 11.5 Å². The lowest BCUT2D eigenvalue weighted by atomic mass is 10.1. The molecule has 0 radical (unpaired) electrons. The van der Waals surface area contributed by atoms with E-state index in [-0.39, 0.29) is 0 Å². The van der Waals surface area contributed by atoms with Gasteiger partial charge in [0.2, 0.25) is 0 Å². The van der Waals surface area contributed by atoms with Crippen LogP contribution in [-0.4, -0.2) is 16.3 Å². The second kappa shape index (κ2) is 6.14. The molecule has 110 valence electrons. The lowest BCUT2D eigenvalue weighted by molar-refractivity contribution is 0.389. The maximum absolute atomic E-state index is 5.14. The predicted molar refractivity (Wildman–Crippen MR) is 84.3 cm³/mol. The average Bonchev–Trinajstić information content (AvgIpc) is 3.07. The molecule has 2 aromatic heterocycles. The highest BCUT2D eigenvalue weighted by Gasteiger charge is 2.07. The largest absolute Gasteiger partial charge is 0.361 e.